The first-order chi connectivity index (χ1) is 13.2. The zero-order valence-corrected chi connectivity index (χ0v) is 17.6. The van der Waals surface area contributed by atoms with E-state index in [0.717, 1.165) is 17.6 Å². The van der Waals surface area contributed by atoms with Crippen molar-refractivity contribution in [3.8, 4) is 0 Å². The Morgan fingerprint density at radius 2 is 2.07 bits per heavy atom. The molecule has 3 atom stereocenters. The van der Waals surface area contributed by atoms with Crippen LogP contribution in [-0.4, -0.2) is 55.0 Å². The number of carbonyl (C=O) groups excluding carboxylic acids is 2. The molecule has 13 heteroatoms. The molecule has 1 aliphatic heterocycles. The Balaban J connectivity index is 2.11. The van der Waals surface area contributed by atoms with Gasteiger partial charge in [0.2, 0.25) is 5.60 Å². The Bertz CT molecular complexity index is 873. The summed E-state index contributed by atoms with van der Waals surface area (Å²) in [5.41, 5.74) is -4.67. The molecule has 2 amide bonds. The second-order valence-electron chi connectivity index (χ2n) is 7.59. The summed E-state index contributed by atoms with van der Waals surface area (Å²) in [7, 11) is -3.33. The number of halogens is 3. The molecular weight excluding hydrogens is 435 g/mol. The number of carbonyl (C=O) groups is 2. The number of aliphatic hydroxyl groups is 1. The van der Waals surface area contributed by atoms with Crippen LogP contribution in [0.2, 0.25) is 0 Å². The highest BCUT2D eigenvalue weighted by Gasteiger charge is 2.56. The third-order valence-electron chi connectivity index (χ3n) is 4.08. The highest BCUT2D eigenvalue weighted by molar-refractivity contribution is 7.93. The van der Waals surface area contributed by atoms with E-state index < -0.39 is 63.0 Å². The fourth-order valence-corrected chi connectivity index (χ4v) is 5.21. The van der Waals surface area contributed by atoms with E-state index >= 15 is 0 Å². The van der Waals surface area contributed by atoms with E-state index in [9.17, 15) is 32.1 Å². The van der Waals surface area contributed by atoms with Crippen molar-refractivity contribution in [1.82, 2.24) is 9.69 Å². The number of amides is 2. The summed E-state index contributed by atoms with van der Waals surface area (Å²) in [6, 6.07) is -0.0333. The van der Waals surface area contributed by atoms with E-state index in [-0.39, 0.29) is 12.2 Å². The van der Waals surface area contributed by atoms with Gasteiger partial charge in [-0.05, 0) is 44.8 Å². The van der Waals surface area contributed by atoms with Gasteiger partial charge in [0.05, 0.1) is 15.4 Å². The van der Waals surface area contributed by atoms with Crippen LogP contribution in [0, 0.1) is 0 Å². The molecule has 1 aliphatic rings. The van der Waals surface area contributed by atoms with Gasteiger partial charge in [-0.25, -0.2) is 9.00 Å². The topological polar surface area (TPSA) is 118 Å². The van der Waals surface area contributed by atoms with Crippen LogP contribution in [0.15, 0.2) is 15.8 Å². The number of hydrogen-bond donors (Lipinski definition) is 2. The summed E-state index contributed by atoms with van der Waals surface area (Å²) in [5, 5.41) is 13.8. The largest absolute Gasteiger partial charge is 0.444 e. The van der Waals surface area contributed by atoms with Crippen molar-refractivity contribution in [3.63, 3.8) is 0 Å². The lowest BCUT2D eigenvalue weighted by Crippen LogP contribution is -2.47. The molecule has 0 fully saturated rings. The average molecular weight is 457 g/mol. The van der Waals surface area contributed by atoms with E-state index in [0.29, 0.717) is 0 Å². The number of aromatic nitrogens is 1. The summed E-state index contributed by atoms with van der Waals surface area (Å²) in [6.07, 6.45) is -6.92. The minimum absolute atomic E-state index is 0.0679. The number of nitrogens with zero attached hydrogens (tertiary/aromatic N) is 2. The van der Waals surface area contributed by atoms with Crippen molar-refractivity contribution >= 4 is 33.3 Å². The second-order valence-corrected chi connectivity index (χ2v) is 10.8. The van der Waals surface area contributed by atoms with Crippen LogP contribution in [0.5, 0.6) is 0 Å². The van der Waals surface area contributed by atoms with Gasteiger partial charge in [0.1, 0.15) is 11.6 Å². The van der Waals surface area contributed by atoms with Crippen LogP contribution in [0.4, 0.5) is 18.0 Å². The average Bonchev–Trinajstić information content (AvgIpc) is 3.08. The molecule has 2 N–H and O–H groups in total. The number of alkyl carbamates (subject to hydrolysis) is 1. The monoisotopic (exact) mass is 457 g/mol. The molecule has 0 spiro atoms. The van der Waals surface area contributed by atoms with Crippen molar-refractivity contribution < 1.29 is 36.8 Å². The fourth-order valence-electron chi connectivity index (χ4n) is 2.58. The predicted octanol–water partition coefficient (Wildman–Crippen LogP) is 2.57. The molecule has 8 nitrogen and oxygen atoms in total. The van der Waals surface area contributed by atoms with E-state index in [4.69, 9.17) is 4.74 Å². The van der Waals surface area contributed by atoms with Crippen LogP contribution < -0.4 is 5.32 Å². The van der Waals surface area contributed by atoms with Crippen molar-refractivity contribution in [3.05, 3.63) is 17.1 Å². The highest BCUT2D eigenvalue weighted by atomic mass is 32.2. The molecule has 0 aromatic carbocycles. The number of hydrogen-bond acceptors (Lipinski definition) is 7. The van der Waals surface area contributed by atoms with Crippen LogP contribution >= 0.6 is 11.5 Å². The van der Waals surface area contributed by atoms with E-state index in [1.165, 1.54) is 5.38 Å². The summed E-state index contributed by atoms with van der Waals surface area (Å²) in [6.45, 7) is 4.91. The van der Waals surface area contributed by atoms with Crippen molar-refractivity contribution in [2.45, 2.75) is 57.0 Å². The Morgan fingerprint density at radius 1 is 1.41 bits per heavy atom. The molecule has 0 saturated heterocycles. The maximum absolute atomic E-state index is 13.4. The molecule has 2 heterocycles. The van der Waals surface area contributed by atoms with Gasteiger partial charge < -0.3 is 15.2 Å². The number of ether oxygens (including phenoxy) is 1. The number of nitrogens with one attached hydrogen (secondary N) is 1. The van der Waals surface area contributed by atoms with Gasteiger partial charge in [-0.15, -0.1) is 0 Å². The zero-order valence-electron chi connectivity index (χ0n) is 16.0. The lowest BCUT2D eigenvalue weighted by Gasteiger charge is -2.30. The number of alkyl halides is 3. The van der Waals surface area contributed by atoms with Crippen LogP contribution in [0.3, 0.4) is 0 Å². The molecule has 0 radical (unpaired) electrons. The van der Waals surface area contributed by atoms with Gasteiger partial charge in [-0.1, -0.05) is 0 Å². The Hall–Kier alpha value is -1.73. The van der Waals surface area contributed by atoms with E-state index in [2.05, 4.69) is 14.1 Å². The molecule has 0 aliphatic carbocycles. The normalized spacial score (nSPS) is 25.1. The first-order valence-electron chi connectivity index (χ1n) is 8.61. The Morgan fingerprint density at radius 3 is 2.55 bits per heavy atom. The van der Waals surface area contributed by atoms with Crippen LogP contribution in [0.1, 0.15) is 39.3 Å². The van der Waals surface area contributed by atoms with E-state index in [1.54, 1.807) is 20.8 Å². The lowest BCUT2D eigenvalue weighted by molar-refractivity contribution is -0.268. The Kier molecular flexibility index (Phi) is 6.65. The molecule has 29 heavy (non-hydrogen) atoms. The van der Waals surface area contributed by atoms with Crippen molar-refractivity contribution in [2.75, 3.05) is 11.5 Å². The van der Waals surface area contributed by atoms with Gasteiger partial charge in [-0.3, -0.25) is 4.79 Å². The van der Waals surface area contributed by atoms with Gasteiger partial charge in [0.15, 0.2) is 0 Å². The minimum Gasteiger partial charge on any atom is -0.444 e. The lowest BCUT2D eigenvalue weighted by atomic mass is 9.96. The van der Waals surface area contributed by atoms with Crippen LogP contribution in [-0.2, 0) is 24.9 Å². The van der Waals surface area contributed by atoms with Gasteiger partial charge in [0, 0.05) is 23.3 Å². The van der Waals surface area contributed by atoms with Crippen molar-refractivity contribution in [1.29, 1.82) is 0 Å². The predicted molar refractivity (Wildman–Crippen MR) is 99.8 cm³/mol. The summed E-state index contributed by atoms with van der Waals surface area (Å²) in [4.78, 5) is 23.9. The smallest absolute Gasteiger partial charge is 0.423 e. The maximum atomic E-state index is 13.4. The molecule has 0 bridgehead atoms. The van der Waals surface area contributed by atoms with Crippen molar-refractivity contribution in [2.24, 2.45) is 4.36 Å². The van der Waals surface area contributed by atoms with E-state index in [1.807, 2.05) is 0 Å². The minimum atomic E-state index is -5.05. The summed E-state index contributed by atoms with van der Waals surface area (Å²) in [5.74, 6) is -1.76. The summed E-state index contributed by atoms with van der Waals surface area (Å²) < 4.78 is 65.2. The molecule has 1 aromatic heterocycles. The standard InChI is InChI=1S/C16H22F3N3O5S2/c1-14(2,3)27-13(24)20-10-5-8-29(26,22-12(10)23)9-6-15(25,16(17,18)19)11-4-7-28-21-11/h4,7,10,25H,5-6,8-9H2,1-3H3,(H,20,24)/t10-,15?,29?/m0/s1. The van der Waals surface area contributed by atoms with Gasteiger partial charge in [-0.2, -0.15) is 21.9 Å². The van der Waals surface area contributed by atoms with Gasteiger partial charge >= 0.3 is 12.3 Å². The van der Waals surface area contributed by atoms with Gasteiger partial charge in [0.25, 0.3) is 5.91 Å². The SMILES string of the molecule is CC(C)(C)OC(=O)N[C@H]1CCS(=O)(CCC(O)(c2ccsn2)C(F)(F)F)=NC1=O. The third kappa shape index (κ3) is 5.89. The molecule has 1 aromatic rings. The first-order valence-corrected chi connectivity index (χ1v) is 11.3. The first kappa shape index (κ1) is 23.5. The molecule has 164 valence electrons. The maximum Gasteiger partial charge on any atom is 0.423 e. The molecule has 0 saturated carbocycles. The zero-order chi connectivity index (χ0) is 22.1. The molecule has 2 rings (SSSR count). The second kappa shape index (κ2) is 8.19. The third-order valence-corrected chi connectivity index (χ3v) is 6.87. The summed E-state index contributed by atoms with van der Waals surface area (Å²) >= 11 is 0.742. The van der Waals surface area contributed by atoms with Crippen LogP contribution in [0.25, 0.3) is 0 Å². The Labute approximate surface area is 170 Å². The number of rotatable bonds is 5. The highest BCUT2D eigenvalue weighted by Crippen LogP contribution is 2.41. The molecule has 2 unspecified atom stereocenters. The fraction of sp³-hybridized carbons (Fsp3) is 0.688. The molecular formula is C16H22F3N3O5S2. The quantitative estimate of drug-likeness (QED) is 0.702.